The first-order valence-electron chi connectivity index (χ1n) is 4.46. The molecule has 0 amide bonds. The summed E-state index contributed by atoms with van der Waals surface area (Å²) in [5.74, 6) is 0. The molecule has 0 aromatic heterocycles. The van der Waals surface area contributed by atoms with Gasteiger partial charge in [0, 0.05) is 24.1 Å². The SMILES string of the molecule is Brc1cccc(CN2CC=CC2)c1. The summed E-state index contributed by atoms with van der Waals surface area (Å²) in [7, 11) is 0. The summed E-state index contributed by atoms with van der Waals surface area (Å²) in [5.41, 5.74) is 1.37. The highest BCUT2D eigenvalue weighted by Gasteiger charge is 2.06. The second kappa shape index (κ2) is 4.07. The van der Waals surface area contributed by atoms with E-state index in [0.717, 1.165) is 24.1 Å². The minimum atomic E-state index is 1.05. The molecule has 0 spiro atoms. The molecule has 0 radical (unpaired) electrons. The molecule has 1 aliphatic rings. The number of rotatable bonds is 2. The summed E-state index contributed by atoms with van der Waals surface area (Å²) < 4.78 is 1.16. The molecule has 1 aromatic carbocycles. The molecule has 0 N–H and O–H groups in total. The first kappa shape index (κ1) is 8.97. The zero-order chi connectivity index (χ0) is 9.10. The van der Waals surface area contributed by atoms with Crippen molar-refractivity contribution in [3.05, 3.63) is 46.5 Å². The lowest BCUT2D eigenvalue weighted by molar-refractivity contribution is 0.345. The Morgan fingerprint density at radius 2 is 2.00 bits per heavy atom. The Bertz CT molecular complexity index is 312. The Hall–Kier alpha value is -0.600. The third-order valence-corrected chi connectivity index (χ3v) is 2.68. The monoisotopic (exact) mass is 237 g/mol. The molecule has 1 heterocycles. The lowest BCUT2D eigenvalue weighted by Gasteiger charge is -2.14. The Labute approximate surface area is 87.2 Å². The van der Waals surface area contributed by atoms with E-state index in [0.29, 0.717) is 0 Å². The smallest absolute Gasteiger partial charge is 0.0240 e. The highest BCUT2D eigenvalue weighted by atomic mass is 79.9. The molecule has 1 nitrogen and oxygen atoms in total. The van der Waals surface area contributed by atoms with E-state index >= 15 is 0 Å². The van der Waals surface area contributed by atoms with Gasteiger partial charge in [-0.3, -0.25) is 4.90 Å². The van der Waals surface area contributed by atoms with E-state index in [9.17, 15) is 0 Å². The first-order valence-corrected chi connectivity index (χ1v) is 5.26. The van der Waals surface area contributed by atoms with E-state index in [2.05, 4.69) is 57.2 Å². The van der Waals surface area contributed by atoms with Gasteiger partial charge >= 0.3 is 0 Å². The molecular weight excluding hydrogens is 226 g/mol. The van der Waals surface area contributed by atoms with Crippen molar-refractivity contribution in [3.8, 4) is 0 Å². The van der Waals surface area contributed by atoms with E-state index in [-0.39, 0.29) is 0 Å². The van der Waals surface area contributed by atoms with E-state index in [1.807, 2.05) is 0 Å². The van der Waals surface area contributed by atoms with Gasteiger partial charge in [-0.2, -0.15) is 0 Å². The standard InChI is InChI=1S/C11H12BrN/c12-11-5-3-4-10(8-11)9-13-6-1-2-7-13/h1-5,8H,6-7,9H2. The fourth-order valence-corrected chi connectivity index (χ4v) is 1.99. The molecular formula is C11H12BrN. The van der Waals surface area contributed by atoms with Crippen molar-refractivity contribution in [2.75, 3.05) is 13.1 Å². The molecule has 0 fully saturated rings. The Kier molecular flexibility index (Phi) is 2.81. The predicted octanol–water partition coefficient (Wildman–Crippen LogP) is 2.82. The van der Waals surface area contributed by atoms with Gasteiger partial charge in [-0.15, -0.1) is 0 Å². The van der Waals surface area contributed by atoms with Crippen LogP contribution in [0.2, 0.25) is 0 Å². The van der Waals surface area contributed by atoms with Gasteiger partial charge in [0.2, 0.25) is 0 Å². The van der Waals surface area contributed by atoms with Crippen molar-refractivity contribution in [2.45, 2.75) is 6.54 Å². The number of nitrogens with zero attached hydrogens (tertiary/aromatic N) is 1. The average Bonchev–Trinajstić information content (AvgIpc) is 2.57. The van der Waals surface area contributed by atoms with Gasteiger partial charge in [0.1, 0.15) is 0 Å². The van der Waals surface area contributed by atoms with Crippen LogP contribution in [-0.4, -0.2) is 18.0 Å². The summed E-state index contributed by atoms with van der Waals surface area (Å²) in [5, 5.41) is 0. The van der Waals surface area contributed by atoms with Crippen molar-refractivity contribution in [1.29, 1.82) is 0 Å². The van der Waals surface area contributed by atoms with Crippen LogP contribution >= 0.6 is 15.9 Å². The average molecular weight is 238 g/mol. The van der Waals surface area contributed by atoms with E-state index in [4.69, 9.17) is 0 Å². The fraction of sp³-hybridized carbons (Fsp3) is 0.273. The highest BCUT2D eigenvalue weighted by Crippen LogP contribution is 2.14. The van der Waals surface area contributed by atoms with Crippen LogP contribution in [0.15, 0.2) is 40.9 Å². The third kappa shape index (κ3) is 2.42. The van der Waals surface area contributed by atoms with Crippen molar-refractivity contribution < 1.29 is 0 Å². The fourth-order valence-electron chi connectivity index (χ4n) is 1.54. The van der Waals surface area contributed by atoms with Crippen molar-refractivity contribution in [2.24, 2.45) is 0 Å². The highest BCUT2D eigenvalue weighted by molar-refractivity contribution is 9.10. The molecule has 68 valence electrons. The molecule has 0 unspecified atom stereocenters. The molecule has 1 aliphatic heterocycles. The molecule has 2 rings (SSSR count). The maximum atomic E-state index is 3.48. The van der Waals surface area contributed by atoms with Gasteiger partial charge in [0.25, 0.3) is 0 Å². The number of hydrogen-bond acceptors (Lipinski definition) is 1. The van der Waals surface area contributed by atoms with Gasteiger partial charge < -0.3 is 0 Å². The zero-order valence-corrected chi connectivity index (χ0v) is 9.00. The van der Waals surface area contributed by atoms with Gasteiger partial charge in [-0.25, -0.2) is 0 Å². The van der Waals surface area contributed by atoms with Crippen LogP contribution in [0.4, 0.5) is 0 Å². The normalized spacial score (nSPS) is 16.7. The van der Waals surface area contributed by atoms with Crippen molar-refractivity contribution in [3.63, 3.8) is 0 Å². The molecule has 0 saturated heterocycles. The maximum Gasteiger partial charge on any atom is 0.0240 e. The number of hydrogen-bond donors (Lipinski definition) is 0. The van der Waals surface area contributed by atoms with Gasteiger partial charge in [0.15, 0.2) is 0 Å². The molecule has 13 heavy (non-hydrogen) atoms. The zero-order valence-electron chi connectivity index (χ0n) is 7.41. The lowest BCUT2D eigenvalue weighted by atomic mass is 10.2. The molecule has 1 aromatic rings. The summed E-state index contributed by atoms with van der Waals surface area (Å²) in [6.07, 6.45) is 4.44. The third-order valence-electron chi connectivity index (χ3n) is 2.19. The Morgan fingerprint density at radius 1 is 1.23 bits per heavy atom. The summed E-state index contributed by atoms with van der Waals surface area (Å²) in [6.45, 7) is 3.23. The molecule has 0 bridgehead atoms. The van der Waals surface area contributed by atoms with Gasteiger partial charge in [-0.1, -0.05) is 40.2 Å². The maximum absolute atomic E-state index is 3.48. The lowest BCUT2D eigenvalue weighted by Crippen LogP contribution is -2.18. The number of benzene rings is 1. The quantitative estimate of drug-likeness (QED) is 0.716. The second-order valence-electron chi connectivity index (χ2n) is 3.30. The van der Waals surface area contributed by atoms with Crippen LogP contribution < -0.4 is 0 Å². The van der Waals surface area contributed by atoms with Crippen LogP contribution in [0.3, 0.4) is 0 Å². The second-order valence-corrected chi connectivity index (χ2v) is 4.21. The minimum absolute atomic E-state index is 1.05. The largest absolute Gasteiger partial charge is 0.292 e. The van der Waals surface area contributed by atoms with E-state index in [1.54, 1.807) is 0 Å². The summed E-state index contributed by atoms with van der Waals surface area (Å²) >= 11 is 3.48. The predicted molar refractivity (Wildman–Crippen MR) is 58.6 cm³/mol. The summed E-state index contributed by atoms with van der Waals surface area (Å²) in [4.78, 5) is 2.40. The Balaban J connectivity index is 2.01. The Morgan fingerprint density at radius 3 is 2.69 bits per heavy atom. The van der Waals surface area contributed by atoms with Gasteiger partial charge in [0.05, 0.1) is 0 Å². The molecule has 0 saturated carbocycles. The first-order chi connectivity index (χ1) is 6.34. The van der Waals surface area contributed by atoms with Crippen LogP contribution in [-0.2, 0) is 6.54 Å². The number of halogens is 1. The van der Waals surface area contributed by atoms with E-state index in [1.165, 1.54) is 5.56 Å². The molecule has 0 atom stereocenters. The van der Waals surface area contributed by atoms with Crippen molar-refractivity contribution in [1.82, 2.24) is 4.90 Å². The minimum Gasteiger partial charge on any atom is -0.292 e. The van der Waals surface area contributed by atoms with Crippen LogP contribution in [0.25, 0.3) is 0 Å². The van der Waals surface area contributed by atoms with Gasteiger partial charge in [-0.05, 0) is 17.7 Å². The molecule has 0 aliphatic carbocycles. The van der Waals surface area contributed by atoms with Crippen LogP contribution in [0.5, 0.6) is 0 Å². The van der Waals surface area contributed by atoms with E-state index < -0.39 is 0 Å². The summed E-state index contributed by atoms with van der Waals surface area (Å²) in [6, 6.07) is 8.50. The van der Waals surface area contributed by atoms with Crippen LogP contribution in [0, 0.1) is 0 Å². The van der Waals surface area contributed by atoms with Crippen molar-refractivity contribution >= 4 is 15.9 Å². The topological polar surface area (TPSA) is 3.24 Å². The van der Waals surface area contributed by atoms with Crippen LogP contribution in [0.1, 0.15) is 5.56 Å². The molecule has 2 heteroatoms.